The molecule has 0 aromatic heterocycles. The van der Waals surface area contributed by atoms with Gasteiger partial charge in [-0.2, -0.15) is 10.5 Å². The molecule has 0 radical (unpaired) electrons. The molecule has 0 aliphatic carbocycles. The Bertz CT molecular complexity index is 185. The molecule has 0 aliphatic heterocycles. The molecule has 4 heteroatoms. The van der Waals surface area contributed by atoms with Gasteiger partial charge in [-0.1, -0.05) is 6.92 Å². The zero-order chi connectivity index (χ0) is 10.1. The molecule has 0 aromatic carbocycles. The quantitative estimate of drug-likeness (QED) is 0.593. The molecule has 4 nitrogen and oxygen atoms in total. The first-order valence-corrected chi connectivity index (χ1v) is 4.35. The Labute approximate surface area is 79.8 Å². The maximum Gasteiger partial charge on any atom is 0.0874 e. The van der Waals surface area contributed by atoms with Crippen LogP contribution in [0.4, 0.5) is 0 Å². The minimum absolute atomic E-state index is 0.335. The van der Waals surface area contributed by atoms with E-state index in [1.807, 2.05) is 11.9 Å². The van der Waals surface area contributed by atoms with E-state index in [4.69, 9.17) is 10.5 Å². The predicted octanol–water partition coefficient (Wildman–Crippen LogP) is 0.191. The summed E-state index contributed by atoms with van der Waals surface area (Å²) in [4.78, 5) is 1.85. The molecular weight excluding hydrogens is 164 g/mol. The molecule has 0 rings (SSSR count). The molecule has 0 aromatic rings. The summed E-state index contributed by atoms with van der Waals surface area (Å²) in [7, 11) is 1.90. The van der Waals surface area contributed by atoms with Crippen LogP contribution in [-0.4, -0.2) is 38.1 Å². The van der Waals surface area contributed by atoms with Crippen LogP contribution in [0.2, 0.25) is 0 Å². The summed E-state index contributed by atoms with van der Waals surface area (Å²) >= 11 is 0. The zero-order valence-corrected chi connectivity index (χ0v) is 8.25. The second-order valence-electron chi connectivity index (χ2n) is 3.15. The van der Waals surface area contributed by atoms with Crippen LogP contribution >= 0.6 is 0 Å². The van der Waals surface area contributed by atoms with Crippen LogP contribution in [0.15, 0.2) is 0 Å². The molecule has 0 spiro atoms. The van der Waals surface area contributed by atoms with Gasteiger partial charge >= 0.3 is 0 Å². The zero-order valence-electron chi connectivity index (χ0n) is 8.25. The Morgan fingerprint density at radius 2 is 1.85 bits per heavy atom. The largest absolute Gasteiger partial charge is 0.319 e. The summed E-state index contributed by atoms with van der Waals surface area (Å²) in [5.41, 5.74) is 0. The van der Waals surface area contributed by atoms with E-state index in [2.05, 4.69) is 24.4 Å². The summed E-state index contributed by atoms with van der Waals surface area (Å²) in [6.45, 7) is 4.47. The molecule has 0 fully saturated rings. The van der Waals surface area contributed by atoms with Gasteiger partial charge in [0.25, 0.3) is 0 Å². The van der Waals surface area contributed by atoms with Crippen LogP contribution in [-0.2, 0) is 0 Å². The molecule has 0 heterocycles. The Morgan fingerprint density at radius 1 is 1.31 bits per heavy atom. The van der Waals surface area contributed by atoms with Crippen molar-refractivity contribution in [3.63, 3.8) is 0 Å². The number of rotatable bonds is 6. The number of nitriles is 2. The molecule has 13 heavy (non-hydrogen) atoms. The highest BCUT2D eigenvalue weighted by Crippen LogP contribution is 1.97. The van der Waals surface area contributed by atoms with Crippen LogP contribution in [0.25, 0.3) is 0 Å². The fourth-order valence-corrected chi connectivity index (χ4v) is 1.24. The van der Waals surface area contributed by atoms with Gasteiger partial charge in [-0.25, -0.2) is 0 Å². The smallest absolute Gasteiger partial charge is 0.0874 e. The number of hydrogen-bond donors (Lipinski definition) is 1. The van der Waals surface area contributed by atoms with Gasteiger partial charge in [-0.05, 0) is 19.5 Å². The highest BCUT2D eigenvalue weighted by molar-refractivity contribution is 4.84. The van der Waals surface area contributed by atoms with Crippen molar-refractivity contribution in [2.45, 2.75) is 6.92 Å². The third kappa shape index (κ3) is 6.10. The lowest BCUT2D eigenvalue weighted by Gasteiger charge is -2.19. The van der Waals surface area contributed by atoms with Crippen LogP contribution in [0.1, 0.15) is 6.92 Å². The fraction of sp³-hybridized carbons (Fsp3) is 0.778. The van der Waals surface area contributed by atoms with Crippen LogP contribution in [0, 0.1) is 28.6 Å². The van der Waals surface area contributed by atoms with Gasteiger partial charge in [0, 0.05) is 6.54 Å². The average molecular weight is 180 g/mol. The maximum atomic E-state index is 8.49. The topological polar surface area (TPSA) is 62.9 Å². The Morgan fingerprint density at radius 3 is 2.23 bits per heavy atom. The summed E-state index contributed by atoms with van der Waals surface area (Å²) in [5.74, 6) is 0.465. The highest BCUT2D eigenvalue weighted by atomic mass is 15.1. The normalized spacial score (nSPS) is 12.1. The van der Waals surface area contributed by atoms with Crippen molar-refractivity contribution in [2.75, 3.05) is 33.2 Å². The standard InChI is InChI=1S/C9H16N4/c1-9(7-12-2)8-13(5-3-10)6-4-11/h9,12H,5-8H2,1-2H3. The van der Waals surface area contributed by atoms with Crippen molar-refractivity contribution in [1.29, 1.82) is 10.5 Å². The van der Waals surface area contributed by atoms with E-state index in [0.717, 1.165) is 13.1 Å². The van der Waals surface area contributed by atoms with Crippen molar-refractivity contribution < 1.29 is 0 Å². The molecular formula is C9H16N4. The molecule has 1 N–H and O–H groups in total. The van der Waals surface area contributed by atoms with Gasteiger partial charge in [0.15, 0.2) is 0 Å². The third-order valence-electron chi connectivity index (χ3n) is 1.71. The van der Waals surface area contributed by atoms with E-state index >= 15 is 0 Å². The minimum Gasteiger partial charge on any atom is -0.319 e. The van der Waals surface area contributed by atoms with E-state index in [-0.39, 0.29) is 0 Å². The fourth-order valence-electron chi connectivity index (χ4n) is 1.24. The van der Waals surface area contributed by atoms with Gasteiger partial charge in [0.1, 0.15) is 0 Å². The molecule has 72 valence electrons. The molecule has 0 amide bonds. The van der Waals surface area contributed by atoms with Crippen molar-refractivity contribution in [3.05, 3.63) is 0 Å². The third-order valence-corrected chi connectivity index (χ3v) is 1.71. The maximum absolute atomic E-state index is 8.49. The lowest BCUT2D eigenvalue weighted by atomic mass is 10.1. The van der Waals surface area contributed by atoms with Gasteiger partial charge in [-0.3, -0.25) is 4.90 Å². The van der Waals surface area contributed by atoms with E-state index in [9.17, 15) is 0 Å². The van der Waals surface area contributed by atoms with Crippen molar-refractivity contribution in [1.82, 2.24) is 10.2 Å². The van der Waals surface area contributed by atoms with Crippen LogP contribution < -0.4 is 5.32 Å². The molecule has 0 saturated carbocycles. The molecule has 0 aliphatic rings. The Balaban J connectivity index is 3.81. The number of hydrogen-bond acceptors (Lipinski definition) is 4. The van der Waals surface area contributed by atoms with E-state index in [1.165, 1.54) is 0 Å². The van der Waals surface area contributed by atoms with Gasteiger partial charge in [0.2, 0.25) is 0 Å². The van der Waals surface area contributed by atoms with Gasteiger partial charge in [-0.15, -0.1) is 0 Å². The Hall–Kier alpha value is -1.10. The predicted molar refractivity (Wildman–Crippen MR) is 50.8 cm³/mol. The molecule has 1 atom stereocenters. The average Bonchev–Trinajstić information content (AvgIpc) is 2.05. The van der Waals surface area contributed by atoms with Crippen LogP contribution in [0.3, 0.4) is 0 Å². The van der Waals surface area contributed by atoms with Crippen molar-refractivity contribution in [2.24, 2.45) is 5.92 Å². The second kappa shape index (κ2) is 7.54. The molecule has 0 bridgehead atoms. The monoisotopic (exact) mass is 180 g/mol. The van der Waals surface area contributed by atoms with Gasteiger partial charge < -0.3 is 5.32 Å². The second-order valence-corrected chi connectivity index (χ2v) is 3.15. The molecule has 0 saturated heterocycles. The first kappa shape index (κ1) is 11.9. The van der Waals surface area contributed by atoms with E-state index in [1.54, 1.807) is 0 Å². The van der Waals surface area contributed by atoms with Crippen molar-refractivity contribution >= 4 is 0 Å². The van der Waals surface area contributed by atoms with E-state index in [0.29, 0.717) is 19.0 Å². The summed E-state index contributed by atoms with van der Waals surface area (Å²) < 4.78 is 0. The number of nitrogens with zero attached hydrogens (tertiary/aromatic N) is 3. The first-order chi connectivity index (χ1) is 6.24. The highest BCUT2D eigenvalue weighted by Gasteiger charge is 2.08. The summed E-state index contributed by atoms with van der Waals surface area (Å²) in [6.07, 6.45) is 0. The SMILES string of the molecule is CNCC(C)CN(CC#N)CC#N. The minimum atomic E-state index is 0.335. The van der Waals surface area contributed by atoms with E-state index < -0.39 is 0 Å². The van der Waals surface area contributed by atoms with Crippen molar-refractivity contribution in [3.8, 4) is 12.1 Å². The lowest BCUT2D eigenvalue weighted by molar-refractivity contribution is 0.288. The van der Waals surface area contributed by atoms with Crippen LogP contribution in [0.5, 0.6) is 0 Å². The summed E-state index contributed by atoms with van der Waals surface area (Å²) in [5, 5.41) is 20.0. The summed E-state index contributed by atoms with van der Waals surface area (Å²) in [6, 6.07) is 4.11. The Kier molecular flexibility index (Phi) is 6.91. The number of nitrogens with one attached hydrogen (secondary N) is 1. The first-order valence-electron chi connectivity index (χ1n) is 4.35. The lowest BCUT2D eigenvalue weighted by Crippen LogP contribution is -2.33. The molecule has 1 unspecified atom stereocenters. The van der Waals surface area contributed by atoms with Gasteiger partial charge in [0.05, 0.1) is 25.2 Å².